The van der Waals surface area contributed by atoms with Crippen LogP contribution in [0.4, 0.5) is 5.82 Å². The van der Waals surface area contributed by atoms with Crippen LogP contribution in [0.15, 0.2) is 30.9 Å². The van der Waals surface area contributed by atoms with Crippen LogP contribution < -0.4 is 5.73 Å². The lowest BCUT2D eigenvalue weighted by Gasteiger charge is -2.19. The summed E-state index contributed by atoms with van der Waals surface area (Å²) < 4.78 is 2.06. The topological polar surface area (TPSA) is 43.8 Å². The van der Waals surface area contributed by atoms with E-state index in [4.69, 9.17) is 10.7 Å². The van der Waals surface area contributed by atoms with Crippen LogP contribution in [0, 0.1) is 13.8 Å². The van der Waals surface area contributed by atoms with Crippen LogP contribution in [0.2, 0.25) is 0 Å². The van der Waals surface area contributed by atoms with E-state index in [0.29, 0.717) is 12.4 Å². The second-order valence-corrected chi connectivity index (χ2v) is 6.57. The molecule has 0 atom stereocenters. The van der Waals surface area contributed by atoms with Crippen molar-refractivity contribution in [1.29, 1.82) is 0 Å². The second-order valence-electron chi connectivity index (χ2n) is 6.57. The van der Waals surface area contributed by atoms with Gasteiger partial charge in [0.25, 0.3) is 0 Å². The molecule has 2 rings (SSSR count). The summed E-state index contributed by atoms with van der Waals surface area (Å²) in [6.45, 7) is 15.2. The Morgan fingerprint density at radius 2 is 1.95 bits per heavy atom. The average Bonchev–Trinajstić information content (AvgIpc) is 2.71. The smallest absolute Gasteiger partial charge is 0.132 e. The molecule has 2 aromatic rings. The van der Waals surface area contributed by atoms with E-state index in [2.05, 4.69) is 64.0 Å². The number of benzene rings is 1. The average molecular weight is 283 g/mol. The Labute approximate surface area is 127 Å². The molecule has 0 aliphatic rings. The number of aryl methyl sites for hydroxylation is 1. The summed E-state index contributed by atoms with van der Waals surface area (Å²) in [7, 11) is 0. The highest BCUT2D eigenvalue weighted by molar-refractivity contribution is 5.74. The maximum atomic E-state index is 6.39. The number of hydrogen-bond acceptors (Lipinski definition) is 2. The fourth-order valence-electron chi connectivity index (χ4n) is 2.56. The van der Waals surface area contributed by atoms with Gasteiger partial charge in [-0.3, -0.25) is 0 Å². The first kappa shape index (κ1) is 15.4. The molecule has 0 saturated heterocycles. The van der Waals surface area contributed by atoms with E-state index in [0.717, 1.165) is 17.1 Å². The molecule has 0 aliphatic carbocycles. The third kappa shape index (κ3) is 2.73. The molecule has 0 bridgehead atoms. The quantitative estimate of drug-likeness (QED) is 0.857. The summed E-state index contributed by atoms with van der Waals surface area (Å²) in [5.74, 6) is 1.71. The number of nitrogens with two attached hydrogens (primary N) is 1. The molecule has 2 N–H and O–H groups in total. The molecular weight excluding hydrogens is 258 g/mol. The van der Waals surface area contributed by atoms with Crippen molar-refractivity contribution in [2.75, 3.05) is 5.73 Å². The molecule has 1 heterocycles. The molecule has 21 heavy (non-hydrogen) atoms. The Morgan fingerprint density at radius 1 is 1.29 bits per heavy atom. The predicted octanol–water partition coefficient (Wildman–Crippen LogP) is 4.23. The first-order chi connectivity index (χ1) is 9.77. The highest BCUT2D eigenvalue weighted by atomic mass is 15.1. The lowest BCUT2D eigenvalue weighted by atomic mass is 9.95. The van der Waals surface area contributed by atoms with E-state index in [1.165, 1.54) is 11.1 Å². The molecule has 0 unspecified atom stereocenters. The summed E-state index contributed by atoms with van der Waals surface area (Å²) in [4.78, 5) is 4.86. The van der Waals surface area contributed by atoms with Crippen molar-refractivity contribution in [2.45, 2.75) is 46.6 Å². The third-order valence-corrected chi connectivity index (χ3v) is 3.85. The van der Waals surface area contributed by atoms with Gasteiger partial charge >= 0.3 is 0 Å². The fraction of sp³-hybridized carbons (Fsp3) is 0.389. The number of hydrogen-bond donors (Lipinski definition) is 1. The largest absolute Gasteiger partial charge is 0.383 e. The first-order valence-electron chi connectivity index (χ1n) is 7.31. The molecule has 0 radical (unpaired) electrons. The van der Waals surface area contributed by atoms with Crippen molar-refractivity contribution in [3.05, 3.63) is 47.8 Å². The molecule has 0 spiro atoms. The zero-order valence-corrected chi connectivity index (χ0v) is 13.7. The number of aromatic nitrogens is 2. The molecule has 1 aromatic carbocycles. The lowest BCUT2D eigenvalue weighted by Crippen LogP contribution is -2.19. The Bertz CT molecular complexity index is 673. The number of nitrogen functional groups attached to an aromatic ring is 1. The standard InChI is InChI=1S/C18H25N3/c1-7-11-21-16(19)15(20-17(21)18(4,5)6)14-10-8-9-12(2)13(14)3/h7-10H,1,11,19H2,2-6H3. The van der Waals surface area contributed by atoms with Crippen LogP contribution in [0.3, 0.4) is 0 Å². The molecule has 0 aliphatic heterocycles. The minimum absolute atomic E-state index is 0.0624. The SMILES string of the molecule is C=CCn1c(C(C)(C)C)nc(-c2cccc(C)c2C)c1N. The van der Waals surface area contributed by atoms with Crippen LogP contribution in [0.1, 0.15) is 37.7 Å². The Hall–Kier alpha value is -2.03. The van der Waals surface area contributed by atoms with Gasteiger partial charge in [0.1, 0.15) is 17.3 Å². The number of anilines is 1. The zero-order valence-electron chi connectivity index (χ0n) is 13.7. The number of imidazole rings is 1. The maximum absolute atomic E-state index is 6.39. The van der Waals surface area contributed by atoms with Crippen LogP contribution in [0.5, 0.6) is 0 Å². The summed E-state index contributed by atoms with van der Waals surface area (Å²) in [5.41, 5.74) is 10.8. The molecule has 1 aromatic heterocycles. The van der Waals surface area contributed by atoms with Crippen LogP contribution in [0.25, 0.3) is 11.3 Å². The van der Waals surface area contributed by atoms with Crippen molar-refractivity contribution in [2.24, 2.45) is 0 Å². The summed E-state index contributed by atoms with van der Waals surface area (Å²) in [6.07, 6.45) is 1.86. The van der Waals surface area contributed by atoms with Gasteiger partial charge in [0.05, 0.1) is 0 Å². The minimum atomic E-state index is -0.0624. The Balaban J connectivity index is 2.71. The number of allylic oxidation sites excluding steroid dienone is 1. The van der Waals surface area contributed by atoms with E-state index >= 15 is 0 Å². The van der Waals surface area contributed by atoms with E-state index in [9.17, 15) is 0 Å². The number of nitrogens with zero attached hydrogens (tertiary/aromatic N) is 2. The summed E-state index contributed by atoms with van der Waals surface area (Å²) in [5, 5.41) is 0. The van der Waals surface area contributed by atoms with Gasteiger partial charge in [-0.1, -0.05) is 45.0 Å². The number of rotatable bonds is 3. The zero-order chi connectivity index (χ0) is 15.8. The van der Waals surface area contributed by atoms with Gasteiger partial charge in [0.15, 0.2) is 0 Å². The van der Waals surface area contributed by atoms with Crippen molar-refractivity contribution >= 4 is 5.82 Å². The maximum Gasteiger partial charge on any atom is 0.132 e. The van der Waals surface area contributed by atoms with Crippen LogP contribution >= 0.6 is 0 Å². The van der Waals surface area contributed by atoms with Gasteiger partial charge in [-0.15, -0.1) is 6.58 Å². The molecule has 0 amide bonds. The van der Waals surface area contributed by atoms with Crippen LogP contribution in [-0.2, 0) is 12.0 Å². The van der Waals surface area contributed by atoms with Gasteiger partial charge < -0.3 is 10.3 Å². The molecule has 3 nitrogen and oxygen atoms in total. The van der Waals surface area contributed by atoms with E-state index in [1.54, 1.807) is 0 Å². The van der Waals surface area contributed by atoms with E-state index < -0.39 is 0 Å². The van der Waals surface area contributed by atoms with Gasteiger partial charge in [-0.05, 0) is 25.0 Å². The van der Waals surface area contributed by atoms with Crippen molar-refractivity contribution in [1.82, 2.24) is 9.55 Å². The molecular formula is C18H25N3. The molecule has 112 valence electrons. The normalized spacial score (nSPS) is 11.7. The predicted molar refractivity (Wildman–Crippen MR) is 90.4 cm³/mol. The van der Waals surface area contributed by atoms with E-state index in [-0.39, 0.29) is 5.41 Å². The second kappa shape index (κ2) is 5.40. The Morgan fingerprint density at radius 3 is 2.52 bits per heavy atom. The Kier molecular flexibility index (Phi) is 3.95. The minimum Gasteiger partial charge on any atom is -0.383 e. The fourth-order valence-corrected chi connectivity index (χ4v) is 2.56. The van der Waals surface area contributed by atoms with Gasteiger partial charge in [-0.25, -0.2) is 4.98 Å². The highest BCUT2D eigenvalue weighted by Gasteiger charge is 2.25. The molecule has 0 saturated carbocycles. The highest BCUT2D eigenvalue weighted by Crippen LogP contribution is 2.34. The van der Waals surface area contributed by atoms with E-state index in [1.807, 2.05) is 6.08 Å². The van der Waals surface area contributed by atoms with Crippen molar-refractivity contribution in [3.63, 3.8) is 0 Å². The summed E-state index contributed by atoms with van der Waals surface area (Å²) in [6, 6.07) is 6.26. The van der Waals surface area contributed by atoms with Crippen molar-refractivity contribution < 1.29 is 0 Å². The van der Waals surface area contributed by atoms with Gasteiger partial charge in [0, 0.05) is 17.5 Å². The monoisotopic (exact) mass is 283 g/mol. The molecule has 0 fully saturated rings. The third-order valence-electron chi connectivity index (χ3n) is 3.85. The van der Waals surface area contributed by atoms with Crippen LogP contribution in [-0.4, -0.2) is 9.55 Å². The van der Waals surface area contributed by atoms with Gasteiger partial charge in [-0.2, -0.15) is 0 Å². The van der Waals surface area contributed by atoms with Gasteiger partial charge in [0.2, 0.25) is 0 Å². The lowest BCUT2D eigenvalue weighted by molar-refractivity contribution is 0.515. The van der Waals surface area contributed by atoms with Crippen molar-refractivity contribution in [3.8, 4) is 11.3 Å². The first-order valence-corrected chi connectivity index (χ1v) is 7.31. The summed E-state index contributed by atoms with van der Waals surface area (Å²) >= 11 is 0. The molecule has 3 heteroatoms.